The predicted octanol–water partition coefficient (Wildman–Crippen LogP) is 3.52. The zero-order valence-electron chi connectivity index (χ0n) is 16.1. The van der Waals surface area contributed by atoms with Crippen LogP contribution >= 0.6 is 23.2 Å². The molecule has 7 heteroatoms. The summed E-state index contributed by atoms with van der Waals surface area (Å²) >= 11 is 12.0. The van der Waals surface area contributed by atoms with Crippen molar-refractivity contribution in [3.63, 3.8) is 0 Å². The lowest BCUT2D eigenvalue weighted by Crippen LogP contribution is -2.46. The summed E-state index contributed by atoms with van der Waals surface area (Å²) in [4.78, 5) is 32.3. The molecular formula is C22H21Cl2N3O2. The van der Waals surface area contributed by atoms with Crippen LogP contribution in [0.4, 0.5) is 0 Å². The van der Waals surface area contributed by atoms with Gasteiger partial charge >= 0.3 is 0 Å². The van der Waals surface area contributed by atoms with Crippen LogP contribution in [0.15, 0.2) is 54.2 Å². The number of carbonyl (C=O) groups excluding carboxylic acids is 2. The van der Waals surface area contributed by atoms with E-state index in [-0.39, 0.29) is 18.4 Å². The average Bonchev–Trinajstić information content (AvgIpc) is 2.96. The molecule has 2 aromatic rings. The average molecular weight is 430 g/mol. The molecule has 2 aromatic carbocycles. The van der Waals surface area contributed by atoms with Crippen LogP contribution in [-0.4, -0.2) is 59.7 Å². The number of hydrogen-bond donors (Lipinski definition) is 0. The number of halogens is 2. The fraction of sp³-hybridized carbons (Fsp3) is 0.273. The molecule has 0 unspecified atom stereocenters. The summed E-state index contributed by atoms with van der Waals surface area (Å²) < 4.78 is 0. The van der Waals surface area contributed by atoms with Crippen LogP contribution in [-0.2, 0) is 16.1 Å². The van der Waals surface area contributed by atoms with Gasteiger partial charge in [0, 0.05) is 36.2 Å². The Kier molecular flexibility index (Phi) is 5.63. The van der Waals surface area contributed by atoms with Crippen LogP contribution < -0.4 is 0 Å². The van der Waals surface area contributed by atoms with Gasteiger partial charge in [0.05, 0.1) is 12.1 Å². The van der Waals surface area contributed by atoms with Gasteiger partial charge in [-0.2, -0.15) is 0 Å². The van der Waals surface area contributed by atoms with Gasteiger partial charge in [-0.15, -0.1) is 0 Å². The van der Waals surface area contributed by atoms with Gasteiger partial charge in [-0.1, -0.05) is 47.5 Å². The number of imide groups is 1. The summed E-state index contributed by atoms with van der Waals surface area (Å²) in [5.41, 5.74) is 2.50. The Labute approximate surface area is 180 Å². The van der Waals surface area contributed by atoms with E-state index in [1.165, 1.54) is 4.90 Å². The molecule has 1 saturated heterocycles. The first-order valence-corrected chi connectivity index (χ1v) is 10.2. The van der Waals surface area contributed by atoms with Crippen molar-refractivity contribution in [3.05, 3.63) is 75.4 Å². The Balaban J connectivity index is 1.71. The van der Waals surface area contributed by atoms with E-state index in [9.17, 15) is 9.59 Å². The first-order valence-electron chi connectivity index (χ1n) is 9.48. The van der Waals surface area contributed by atoms with Gasteiger partial charge in [0.15, 0.2) is 0 Å². The molecule has 29 heavy (non-hydrogen) atoms. The second-order valence-electron chi connectivity index (χ2n) is 7.34. The second-order valence-corrected chi connectivity index (χ2v) is 8.22. The first kappa shape index (κ1) is 20.0. The van der Waals surface area contributed by atoms with Crippen molar-refractivity contribution in [1.82, 2.24) is 14.7 Å². The third-order valence-electron chi connectivity index (χ3n) is 5.35. The minimum Gasteiger partial charge on any atom is -0.364 e. The zero-order valence-corrected chi connectivity index (χ0v) is 17.6. The Bertz CT molecular complexity index is 963. The van der Waals surface area contributed by atoms with Gasteiger partial charge in [0.25, 0.3) is 11.8 Å². The van der Waals surface area contributed by atoms with Crippen LogP contribution in [0.1, 0.15) is 11.1 Å². The van der Waals surface area contributed by atoms with Gasteiger partial charge in [-0.25, -0.2) is 0 Å². The van der Waals surface area contributed by atoms with Crippen LogP contribution in [0.3, 0.4) is 0 Å². The van der Waals surface area contributed by atoms with E-state index in [4.69, 9.17) is 23.2 Å². The molecule has 150 valence electrons. The van der Waals surface area contributed by atoms with Crippen molar-refractivity contribution < 1.29 is 9.59 Å². The highest BCUT2D eigenvalue weighted by Crippen LogP contribution is 2.33. The minimum absolute atomic E-state index is 0.211. The van der Waals surface area contributed by atoms with E-state index in [0.717, 1.165) is 18.7 Å². The van der Waals surface area contributed by atoms with Crippen molar-refractivity contribution >= 4 is 40.6 Å². The normalized spacial score (nSPS) is 18.2. The highest BCUT2D eigenvalue weighted by atomic mass is 35.5. The third kappa shape index (κ3) is 4.04. The minimum atomic E-state index is -0.277. The summed E-state index contributed by atoms with van der Waals surface area (Å²) in [5, 5.41) is 1.20. The number of nitrogens with zero attached hydrogens (tertiary/aromatic N) is 3. The summed E-state index contributed by atoms with van der Waals surface area (Å²) in [6, 6.07) is 14.3. The lowest BCUT2D eigenvalue weighted by molar-refractivity contribution is -0.138. The summed E-state index contributed by atoms with van der Waals surface area (Å²) in [6.07, 6.45) is 0. The van der Waals surface area contributed by atoms with Crippen LogP contribution in [0.5, 0.6) is 0 Å². The van der Waals surface area contributed by atoms with E-state index < -0.39 is 0 Å². The largest absolute Gasteiger partial charge is 0.364 e. The number of amides is 2. The molecule has 4 rings (SSSR count). The summed E-state index contributed by atoms with van der Waals surface area (Å²) in [7, 11) is 2.06. The SMILES string of the molecule is CN1CCN(C2=C(c3ccc(Cl)cc3)C(=O)N(Cc3ccc(Cl)cc3)C2=O)CC1. The molecular weight excluding hydrogens is 409 g/mol. The summed E-state index contributed by atoms with van der Waals surface area (Å²) in [6.45, 7) is 3.31. The molecule has 0 aromatic heterocycles. The Morgan fingerprint density at radius 1 is 0.793 bits per heavy atom. The molecule has 1 fully saturated rings. The molecule has 0 radical (unpaired) electrons. The highest BCUT2D eigenvalue weighted by molar-refractivity contribution is 6.36. The molecule has 2 aliphatic rings. The molecule has 2 aliphatic heterocycles. The Morgan fingerprint density at radius 2 is 1.34 bits per heavy atom. The number of rotatable bonds is 4. The van der Waals surface area contributed by atoms with E-state index in [1.54, 1.807) is 36.4 Å². The van der Waals surface area contributed by atoms with E-state index in [2.05, 4.69) is 11.9 Å². The van der Waals surface area contributed by atoms with Crippen molar-refractivity contribution in [2.75, 3.05) is 33.2 Å². The van der Waals surface area contributed by atoms with E-state index in [1.807, 2.05) is 17.0 Å². The van der Waals surface area contributed by atoms with Gasteiger partial charge in [-0.05, 0) is 42.4 Å². The third-order valence-corrected chi connectivity index (χ3v) is 5.85. The lowest BCUT2D eigenvalue weighted by atomic mass is 10.0. The predicted molar refractivity (Wildman–Crippen MR) is 114 cm³/mol. The number of likely N-dealkylation sites (N-methyl/N-ethyl adjacent to an activating group) is 1. The maximum atomic E-state index is 13.4. The monoisotopic (exact) mass is 429 g/mol. The lowest BCUT2D eigenvalue weighted by Gasteiger charge is -2.34. The number of carbonyl (C=O) groups is 2. The maximum absolute atomic E-state index is 13.4. The van der Waals surface area contributed by atoms with Crippen LogP contribution in [0.2, 0.25) is 10.0 Å². The quantitative estimate of drug-likeness (QED) is 0.697. The maximum Gasteiger partial charge on any atom is 0.278 e. The Morgan fingerprint density at radius 3 is 1.93 bits per heavy atom. The number of piperazine rings is 1. The van der Waals surface area contributed by atoms with E-state index >= 15 is 0 Å². The molecule has 0 aliphatic carbocycles. The van der Waals surface area contributed by atoms with E-state index in [0.29, 0.717) is 40.0 Å². The van der Waals surface area contributed by atoms with Gasteiger partial charge in [-0.3, -0.25) is 14.5 Å². The summed E-state index contributed by atoms with van der Waals surface area (Å²) in [5.74, 6) is -0.527. The molecule has 0 atom stereocenters. The fourth-order valence-electron chi connectivity index (χ4n) is 3.68. The highest BCUT2D eigenvalue weighted by Gasteiger charge is 2.41. The molecule has 5 nitrogen and oxygen atoms in total. The van der Waals surface area contributed by atoms with Crippen molar-refractivity contribution in [1.29, 1.82) is 0 Å². The Hall–Kier alpha value is -2.34. The molecule has 0 saturated carbocycles. The van der Waals surface area contributed by atoms with Crippen molar-refractivity contribution in [2.24, 2.45) is 0 Å². The first-order chi connectivity index (χ1) is 13.9. The molecule has 2 heterocycles. The zero-order chi connectivity index (χ0) is 20.5. The van der Waals surface area contributed by atoms with Crippen LogP contribution in [0.25, 0.3) is 5.57 Å². The molecule has 0 N–H and O–H groups in total. The molecule has 2 amide bonds. The molecule has 0 spiro atoms. The topological polar surface area (TPSA) is 43.9 Å². The van der Waals surface area contributed by atoms with Gasteiger partial charge in [0.1, 0.15) is 5.70 Å². The number of hydrogen-bond acceptors (Lipinski definition) is 4. The van der Waals surface area contributed by atoms with Crippen LogP contribution in [0, 0.1) is 0 Å². The van der Waals surface area contributed by atoms with Crippen molar-refractivity contribution in [3.8, 4) is 0 Å². The fourth-order valence-corrected chi connectivity index (χ4v) is 3.93. The van der Waals surface area contributed by atoms with Gasteiger partial charge < -0.3 is 9.80 Å². The number of benzene rings is 2. The standard InChI is InChI=1S/C22H21Cl2N3O2/c1-25-10-12-26(13-11-25)20-19(16-4-8-18(24)9-5-16)21(28)27(22(20)29)14-15-2-6-17(23)7-3-15/h2-9H,10-14H2,1H3. The molecule has 0 bridgehead atoms. The van der Waals surface area contributed by atoms with Crippen molar-refractivity contribution in [2.45, 2.75) is 6.54 Å². The van der Waals surface area contributed by atoms with Gasteiger partial charge in [0.2, 0.25) is 0 Å². The smallest absolute Gasteiger partial charge is 0.278 e. The second kappa shape index (κ2) is 8.19.